The third-order valence-corrected chi connectivity index (χ3v) is 2.49. The highest BCUT2D eigenvalue weighted by Gasteiger charge is 1.95. The van der Waals surface area contributed by atoms with Crippen LogP contribution < -0.4 is 0 Å². The van der Waals surface area contributed by atoms with E-state index in [1.807, 2.05) is 24.7 Å². The monoisotopic (exact) mass is 213 g/mol. The zero-order chi connectivity index (χ0) is 11.1. The second-order valence-corrected chi connectivity index (χ2v) is 3.77. The Morgan fingerprint density at radius 1 is 0.875 bits per heavy atom. The van der Waals surface area contributed by atoms with Gasteiger partial charge in [-0.05, 0) is 37.3 Å². The lowest BCUT2D eigenvalue weighted by Crippen LogP contribution is -1.92. The number of rotatable bonds is 5. The molecule has 0 bridgehead atoms. The summed E-state index contributed by atoms with van der Waals surface area (Å²) >= 11 is 0. The van der Waals surface area contributed by atoms with Crippen molar-refractivity contribution in [2.45, 2.75) is 25.7 Å². The summed E-state index contributed by atoms with van der Waals surface area (Å²) in [4.78, 5) is 12.4. The fourth-order valence-electron chi connectivity index (χ4n) is 1.64. The van der Waals surface area contributed by atoms with Gasteiger partial charge in [0.25, 0.3) is 0 Å². The highest BCUT2D eigenvalue weighted by atomic mass is 14.8. The van der Waals surface area contributed by atoms with E-state index in [1.54, 1.807) is 12.4 Å². The van der Waals surface area contributed by atoms with Gasteiger partial charge in [0.05, 0.1) is 5.69 Å². The number of aryl methyl sites for hydroxylation is 2. The van der Waals surface area contributed by atoms with Crippen molar-refractivity contribution in [2.24, 2.45) is 0 Å². The topological polar surface area (TPSA) is 38.7 Å². The van der Waals surface area contributed by atoms with E-state index in [0.29, 0.717) is 0 Å². The second-order valence-electron chi connectivity index (χ2n) is 3.77. The normalized spacial score (nSPS) is 10.2. The lowest BCUT2D eigenvalue weighted by atomic mass is 10.1. The van der Waals surface area contributed by atoms with Crippen LogP contribution in [0.3, 0.4) is 0 Å². The van der Waals surface area contributed by atoms with Gasteiger partial charge < -0.3 is 0 Å². The van der Waals surface area contributed by atoms with Crippen LogP contribution in [-0.4, -0.2) is 15.0 Å². The predicted molar refractivity (Wildman–Crippen MR) is 62.9 cm³/mol. The summed E-state index contributed by atoms with van der Waals surface area (Å²) in [7, 11) is 0. The molecule has 82 valence electrons. The predicted octanol–water partition coefficient (Wildman–Crippen LogP) is 2.44. The first kappa shape index (κ1) is 10.7. The van der Waals surface area contributed by atoms with E-state index >= 15 is 0 Å². The van der Waals surface area contributed by atoms with Gasteiger partial charge in [0.2, 0.25) is 0 Å². The Balaban J connectivity index is 1.70. The number of hydrogen-bond acceptors (Lipinski definition) is 3. The summed E-state index contributed by atoms with van der Waals surface area (Å²) in [5.74, 6) is 0. The Morgan fingerprint density at radius 2 is 1.75 bits per heavy atom. The van der Waals surface area contributed by atoms with Crippen molar-refractivity contribution in [1.82, 2.24) is 15.0 Å². The molecule has 0 N–H and O–H groups in total. The van der Waals surface area contributed by atoms with E-state index in [2.05, 4.69) is 21.0 Å². The van der Waals surface area contributed by atoms with Crippen LogP contribution in [0.2, 0.25) is 0 Å². The molecule has 3 heteroatoms. The van der Waals surface area contributed by atoms with Crippen LogP contribution in [0.5, 0.6) is 0 Å². The van der Waals surface area contributed by atoms with Crippen molar-refractivity contribution >= 4 is 0 Å². The standard InChI is InChI=1S/C13H15N3/c1(4-12-5-3-7-14-10-12)2-6-13-11-15-8-9-16-13/h3,5,7-11H,1-2,4,6H2. The lowest BCUT2D eigenvalue weighted by molar-refractivity contribution is 0.718. The average Bonchev–Trinajstić information content (AvgIpc) is 2.37. The molecule has 0 amide bonds. The summed E-state index contributed by atoms with van der Waals surface area (Å²) in [6.45, 7) is 0. The van der Waals surface area contributed by atoms with Crippen LogP contribution in [0.25, 0.3) is 0 Å². The van der Waals surface area contributed by atoms with Crippen molar-refractivity contribution in [2.75, 3.05) is 0 Å². The molecule has 0 aliphatic carbocycles. The van der Waals surface area contributed by atoms with Crippen molar-refractivity contribution in [1.29, 1.82) is 0 Å². The molecule has 0 atom stereocenters. The molecule has 3 nitrogen and oxygen atoms in total. The smallest absolute Gasteiger partial charge is 0.0586 e. The minimum atomic E-state index is 1.01. The van der Waals surface area contributed by atoms with Gasteiger partial charge in [-0.25, -0.2) is 0 Å². The summed E-state index contributed by atoms with van der Waals surface area (Å²) in [6, 6.07) is 4.10. The van der Waals surface area contributed by atoms with Gasteiger partial charge in [0, 0.05) is 31.0 Å². The Morgan fingerprint density at radius 3 is 2.50 bits per heavy atom. The Labute approximate surface area is 95.6 Å². The molecular weight excluding hydrogens is 198 g/mol. The molecule has 0 unspecified atom stereocenters. The molecule has 0 spiro atoms. The van der Waals surface area contributed by atoms with Crippen molar-refractivity contribution < 1.29 is 0 Å². The molecule has 0 fully saturated rings. The minimum Gasteiger partial charge on any atom is -0.264 e. The summed E-state index contributed by atoms with van der Waals surface area (Å²) < 4.78 is 0. The number of pyridine rings is 1. The molecule has 0 aliphatic heterocycles. The van der Waals surface area contributed by atoms with E-state index in [0.717, 1.165) is 25.0 Å². The average molecular weight is 213 g/mol. The summed E-state index contributed by atoms with van der Waals surface area (Å²) in [5.41, 5.74) is 2.38. The summed E-state index contributed by atoms with van der Waals surface area (Å²) in [5, 5.41) is 0. The number of hydrogen-bond donors (Lipinski definition) is 0. The minimum absolute atomic E-state index is 1.01. The molecule has 0 saturated carbocycles. The highest BCUT2D eigenvalue weighted by Crippen LogP contribution is 2.05. The van der Waals surface area contributed by atoms with E-state index in [1.165, 1.54) is 12.0 Å². The van der Waals surface area contributed by atoms with Crippen molar-refractivity contribution in [3.8, 4) is 0 Å². The van der Waals surface area contributed by atoms with Crippen molar-refractivity contribution in [3.63, 3.8) is 0 Å². The molecule has 16 heavy (non-hydrogen) atoms. The van der Waals surface area contributed by atoms with Crippen LogP contribution in [0.4, 0.5) is 0 Å². The van der Waals surface area contributed by atoms with Gasteiger partial charge in [-0.3, -0.25) is 15.0 Å². The van der Waals surface area contributed by atoms with Crippen LogP contribution in [0.1, 0.15) is 24.1 Å². The largest absolute Gasteiger partial charge is 0.264 e. The van der Waals surface area contributed by atoms with Gasteiger partial charge in [-0.1, -0.05) is 6.07 Å². The van der Waals surface area contributed by atoms with E-state index < -0.39 is 0 Å². The van der Waals surface area contributed by atoms with E-state index in [4.69, 9.17) is 0 Å². The second kappa shape index (κ2) is 5.95. The first-order valence-corrected chi connectivity index (χ1v) is 5.59. The first-order chi connectivity index (χ1) is 7.95. The Bertz CT molecular complexity index is 359. The fraction of sp³-hybridized carbons (Fsp3) is 0.308. The number of unbranched alkanes of at least 4 members (excludes halogenated alkanes) is 1. The molecule has 0 radical (unpaired) electrons. The lowest BCUT2D eigenvalue weighted by Gasteiger charge is -2.00. The van der Waals surface area contributed by atoms with Gasteiger partial charge in [0.15, 0.2) is 0 Å². The fourth-order valence-corrected chi connectivity index (χ4v) is 1.64. The van der Waals surface area contributed by atoms with Gasteiger partial charge in [0.1, 0.15) is 0 Å². The first-order valence-electron chi connectivity index (χ1n) is 5.59. The molecule has 2 rings (SSSR count). The molecule has 0 aliphatic rings. The van der Waals surface area contributed by atoms with Crippen LogP contribution in [0.15, 0.2) is 43.1 Å². The molecule has 0 saturated heterocycles. The Kier molecular flexibility index (Phi) is 4.00. The van der Waals surface area contributed by atoms with E-state index in [9.17, 15) is 0 Å². The maximum absolute atomic E-state index is 4.25. The maximum atomic E-state index is 4.25. The summed E-state index contributed by atoms with van der Waals surface area (Å²) in [6.07, 6.45) is 13.4. The molecule has 2 aromatic heterocycles. The van der Waals surface area contributed by atoms with Crippen LogP contribution in [-0.2, 0) is 12.8 Å². The van der Waals surface area contributed by atoms with Crippen molar-refractivity contribution in [3.05, 3.63) is 54.4 Å². The quantitative estimate of drug-likeness (QED) is 0.716. The van der Waals surface area contributed by atoms with Crippen LogP contribution >= 0.6 is 0 Å². The zero-order valence-electron chi connectivity index (χ0n) is 9.21. The highest BCUT2D eigenvalue weighted by molar-refractivity contribution is 5.08. The third kappa shape index (κ3) is 3.42. The van der Waals surface area contributed by atoms with E-state index in [-0.39, 0.29) is 0 Å². The molecule has 0 aromatic carbocycles. The van der Waals surface area contributed by atoms with Gasteiger partial charge >= 0.3 is 0 Å². The zero-order valence-corrected chi connectivity index (χ0v) is 9.21. The van der Waals surface area contributed by atoms with Crippen LogP contribution in [0, 0.1) is 0 Å². The van der Waals surface area contributed by atoms with Gasteiger partial charge in [-0.15, -0.1) is 0 Å². The molecule has 2 aromatic rings. The molecule has 2 heterocycles. The Hall–Kier alpha value is -1.77. The third-order valence-electron chi connectivity index (χ3n) is 2.49. The number of nitrogens with zero attached hydrogens (tertiary/aromatic N) is 3. The maximum Gasteiger partial charge on any atom is 0.0586 e. The number of aromatic nitrogens is 3. The molecular formula is C13H15N3. The van der Waals surface area contributed by atoms with Gasteiger partial charge in [-0.2, -0.15) is 0 Å². The SMILES string of the molecule is c1cncc(CCCCc2cnccn2)c1.